The summed E-state index contributed by atoms with van der Waals surface area (Å²) >= 11 is 0. The van der Waals surface area contributed by atoms with E-state index in [0.29, 0.717) is 12.0 Å². The molecule has 0 amide bonds. The molecule has 1 N–H and O–H groups in total. The molecule has 0 saturated heterocycles. The van der Waals surface area contributed by atoms with Gasteiger partial charge in [0.2, 0.25) is 0 Å². The van der Waals surface area contributed by atoms with Crippen LogP contribution in [0, 0.1) is 0 Å². The van der Waals surface area contributed by atoms with Gasteiger partial charge in [0.05, 0.1) is 12.0 Å². The Balaban J connectivity index is 2.19. The van der Waals surface area contributed by atoms with Crippen molar-refractivity contribution < 1.29 is 4.57 Å². The average Bonchev–Trinajstić information content (AvgIpc) is 3.17. The smallest absolute Gasteiger partial charge is 0.247 e. The minimum absolute atomic E-state index is 0.623. The van der Waals surface area contributed by atoms with E-state index >= 15 is 0 Å². The Morgan fingerprint density at radius 3 is 1.85 bits per heavy atom. The SMILES string of the molecule is CCCCCCCCCCCCCC(CC)c1[nH]cc[n+]1C(C)CCCC. The Bertz CT molecular complexity index is 437. The predicted molar refractivity (Wildman–Crippen MR) is 119 cm³/mol. The van der Waals surface area contributed by atoms with Gasteiger partial charge in [0, 0.05) is 0 Å². The van der Waals surface area contributed by atoms with Gasteiger partial charge in [0.1, 0.15) is 12.4 Å². The van der Waals surface area contributed by atoms with Crippen molar-refractivity contribution in [3.8, 4) is 0 Å². The molecule has 0 aliphatic carbocycles. The van der Waals surface area contributed by atoms with E-state index in [0.717, 1.165) is 0 Å². The summed E-state index contributed by atoms with van der Waals surface area (Å²) < 4.78 is 2.52. The monoisotopic (exact) mass is 377 g/mol. The van der Waals surface area contributed by atoms with E-state index < -0.39 is 0 Å². The second kappa shape index (κ2) is 16.2. The molecule has 0 fully saturated rings. The second-order valence-electron chi connectivity index (χ2n) is 8.67. The standard InChI is InChI=1S/C25H48N2/c1-5-8-10-11-12-13-14-15-16-17-18-20-24(7-3)25-26-21-22-27(25)23(4)19-9-6-2/h21-24H,5-20H2,1-4H3/p+1. The van der Waals surface area contributed by atoms with Crippen molar-refractivity contribution in [3.05, 3.63) is 18.2 Å². The van der Waals surface area contributed by atoms with E-state index in [9.17, 15) is 0 Å². The summed E-state index contributed by atoms with van der Waals surface area (Å²) in [7, 11) is 0. The van der Waals surface area contributed by atoms with Crippen LogP contribution in [0.1, 0.15) is 148 Å². The van der Waals surface area contributed by atoms with Crippen LogP contribution < -0.4 is 4.57 Å². The molecule has 0 aromatic carbocycles. The summed E-state index contributed by atoms with van der Waals surface area (Å²) in [6.07, 6.45) is 26.7. The summed E-state index contributed by atoms with van der Waals surface area (Å²) in [5.41, 5.74) is 0. The van der Waals surface area contributed by atoms with E-state index in [4.69, 9.17) is 0 Å². The molecule has 0 spiro atoms. The Hall–Kier alpha value is -0.790. The fourth-order valence-corrected chi connectivity index (χ4v) is 4.30. The third-order valence-corrected chi connectivity index (χ3v) is 6.23. The van der Waals surface area contributed by atoms with Crippen molar-refractivity contribution >= 4 is 0 Å². The second-order valence-corrected chi connectivity index (χ2v) is 8.67. The van der Waals surface area contributed by atoms with Gasteiger partial charge in [-0.25, -0.2) is 9.55 Å². The van der Waals surface area contributed by atoms with Gasteiger partial charge in [-0.15, -0.1) is 0 Å². The lowest BCUT2D eigenvalue weighted by Gasteiger charge is -2.15. The molecule has 2 heteroatoms. The molecule has 0 aliphatic rings. The zero-order chi connectivity index (χ0) is 19.7. The number of H-pyrrole nitrogens is 1. The minimum Gasteiger partial charge on any atom is -0.247 e. The Morgan fingerprint density at radius 2 is 1.30 bits per heavy atom. The number of hydrogen-bond acceptors (Lipinski definition) is 0. The molecule has 1 rings (SSSR count). The molecule has 1 aromatic heterocycles. The first-order chi connectivity index (χ1) is 13.2. The van der Waals surface area contributed by atoms with E-state index in [1.165, 1.54) is 109 Å². The normalized spacial score (nSPS) is 13.8. The van der Waals surface area contributed by atoms with Gasteiger partial charge >= 0.3 is 0 Å². The van der Waals surface area contributed by atoms with Crippen molar-refractivity contribution in [2.24, 2.45) is 0 Å². The Labute approximate surface area is 170 Å². The highest BCUT2D eigenvalue weighted by Gasteiger charge is 2.23. The van der Waals surface area contributed by atoms with Gasteiger partial charge in [-0.1, -0.05) is 97.8 Å². The largest absolute Gasteiger partial charge is 0.257 e. The molecule has 0 radical (unpaired) electrons. The zero-order valence-corrected chi connectivity index (χ0v) is 19.1. The third kappa shape index (κ3) is 10.4. The number of hydrogen-bond donors (Lipinski definition) is 1. The number of unbranched alkanes of at least 4 members (excludes halogenated alkanes) is 11. The maximum atomic E-state index is 3.57. The topological polar surface area (TPSA) is 19.7 Å². The van der Waals surface area contributed by atoms with Crippen LogP contribution in [0.15, 0.2) is 12.4 Å². The van der Waals surface area contributed by atoms with Crippen molar-refractivity contribution in [1.29, 1.82) is 0 Å². The van der Waals surface area contributed by atoms with Gasteiger partial charge in [-0.05, 0) is 32.6 Å². The molecular weight excluding hydrogens is 328 g/mol. The van der Waals surface area contributed by atoms with Gasteiger partial charge in [-0.2, -0.15) is 0 Å². The Morgan fingerprint density at radius 1 is 0.741 bits per heavy atom. The van der Waals surface area contributed by atoms with Crippen LogP contribution >= 0.6 is 0 Å². The fourth-order valence-electron chi connectivity index (χ4n) is 4.30. The number of aromatic amines is 1. The van der Waals surface area contributed by atoms with Crippen LogP contribution in [0.2, 0.25) is 0 Å². The highest BCUT2D eigenvalue weighted by atomic mass is 15.1. The minimum atomic E-state index is 0.623. The van der Waals surface area contributed by atoms with Gasteiger partial charge < -0.3 is 0 Å². The summed E-state index contributed by atoms with van der Waals surface area (Å²) in [6.45, 7) is 9.31. The summed E-state index contributed by atoms with van der Waals surface area (Å²) in [6, 6.07) is 0.623. The lowest BCUT2D eigenvalue weighted by molar-refractivity contribution is -0.727. The van der Waals surface area contributed by atoms with Crippen LogP contribution in [0.25, 0.3) is 0 Å². The highest BCUT2D eigenvalue weighted by Crippen LogP contribution is 2.24. The number of aromatic nitrogens is 2. The summed E-state index contributed by atoms with van der Waals surface area (Å²) in [5, 5.41) is 0. The predicted octanol–water partition coefficient (Wildman–Crippen LogP) is 8.25. The van der Waals surface area contributed by atoms with Gasteiger partial charge in [0.15, 0.2) is 0 Å². The molecule has 1 aromatic rings. The third-order valence-electron chi connectivity index (χ3n) is 6.23. The summed E-state index contributed by atoms with van der Waals surface area (Å²) in [5.74, 6) is 2.16. The number of rotatable bonds is 18. The molecule has 2 atom stereocenters. The van der Waals surface area contributed by atoms with Gasteiger partial charge in [-0.3, -0.25) is 0 Å². The lowest BCUT2D eigenvalue weighted by Crippen LogP contribution is -2.41. The molecule has 0 bridgehead atoms. The highest BCUT2D eigenvalue weighted by molar-refractivity contribution is 4.89. The average molecular weight is 378 g/mol. The van der Waals surface area contributed by atoms with Crippen LogP contribution in [-0.4, -0.2) is 4.98 Å². The Kier molecular flexibility index (Phi) is 14.5. The van der Waals surface area contributed by atoms with Crippen molar-refractivity contribution in [2.45, 2.75) is 142 Å². The quantitative estimate of drug-likeness (QED) is 0.196. The van der Waals surface area contributed by atoms with Crippen LogP contribution in [-0.2, 0) is 0 Å². The fraction of sp³-hybridized carbons (Fsp3) is 0.880. The van der Waals surface area contributed by atoms with Crippen molar-refractivity contribution in [1.82, 2.24) is 4.98 Å². The van der Waals surface area contributed by atoms with E-state index in [1.54, 1.807) is 0 Å². The maximum absolute atomic E-state index is 3.57. The first-order valence-electron chi connectivity index (χ1n) is 12.3. The van der Waals surface area contributed by atoms with Gasteiger partial charge in [0.25, 0.3) is 5.82 Å². The zero-order valence-electron chi connectivity index (χ0n) is 19.1. The molecule has 158 valence electrons. The number of imidazole rings is 1. The summed E-state index contributed by atoms with van der Waals surface area (Å²) in [4.78, 5) is 3.57. The van der Waals surface area contributed by atoms with E-state index in [-0.39, 0.29) is 0 Å². The number of nitrogens with zero attached hydrogens (tertiary/aromatic N) is 1. The first kappa shape index (κ1) is 24.2. The number of nitrogens with one attached hydrogen (secondary N) is 1. The maximum Gasteiger partial charge on any atom is 0.257 e. The molecule has 0 aliphatic heterocycles. The van der Waals surface area contributed by atoms with Crippen LogP contribution in [0.3, 0.4) is 0 Å². The van der Waals surface area contributed by atoms with Crippen LogP contribution in [0.5, 0.6) is 0 Å². The molecule has 2 unspecified atom stereocenters. The van der Waals surface area contributed by atoms with E-state index in [1.807, 2.05) is 0 Å². The van der Waals surface area contributed by atoms with Crippen molar-refractivity contribution in [2.75, 3.05) is 0 Å². The van der Waals surface area contributed by atoms with Crippen LogP contribution in [0.4, 0.5) is 0 Å². The van der Waals surface area contributed by atoms with E-state index in [2.05, 4.69) is 49.6 Å². The molecule has 1 heterocycles. The first-order valence-corrected chi connectivity index (χ1v) is 12.3. The molecule has 27 heavy (non-hydrogen) atoms. The lowest BCUT2D eigenvalue weighted by atomic mass is 9.96. The molecular formula is C25H49N2+. The molecule has 0 saturated carbocycles. The van der Waals surface area contributed by atoms with Crippen molar-refractivity contribution in [3.63, 3.8) is 0 Å². The molecule has 2 nitrogen and oxygen atoms in total.